The minimum absolute atomic E-state index is 0.0487. The Morgan fingerprint density at radius 1 is 1.41 bits per heavy atom. The fourth-order valence-corrected chi connectivity index (χ4v) is 4.59. The minimum atomic E-state index is -0.311. The van der Waals surface area contributed by atoms with E-state index >= 15 is 0 Å². The van der Waals surface area contributed by atoms with Gasteiger partial charge in [0, 0.05) is 17.9 Å². The SMILES string of the molecule is C=C(OCC)OC/C=C1\[C@H]2C(c3ccccc3[N+](=O)[O-])=CC[C@@H]1[C@@H]1CO[C@@H]12. The molecule has 142 valence electrons. The van der Waals surface area contributed by atoms with Crippen LogP contribution >= 0.6 is 0 Å². The van der Waals surface area contributed by atoms with Gasteiger partial charge in [0.05, 0.1) is 29.8 Å². The lowest BCUT2D eigenvalue weighted by atomic mass is 9.79. The molecule has 1 saturated carbocycles. The van der Waals surface area contributed by atoms with Crippen molar-refractivity contribution in [1.82, 2.24) is 0 Å². The number of benzene rings is 1. The minimum Gasteiger partial charge on any atom is -0.466 e. The molecule has 2 bridgehead atoms. The molecule has 1 saturated heterocycles. The monoisotopic (exact) mass is 369 g/mol. The van der Waals surface area contributed by atoms with Gasteiger partial charge in [-0.1, -0.05) is 23.8 Å². The standard InChI is InChI=1S/C21H23NO5/c1-3-25-13(2)26-11-10-17-14-8-9-16(20(17)21-18(14)12-27-21)15-6-4-5-7-19(15)22(23)24/h4-7,9-10,14,18,20-21H,2-3,8,11-12H2,1H3/b17-10-/t14-,18-,20+,21-/m0/s1. The number of rotatable bonds is 7. The third-order valence-electron chi connectivity index (χ3n) is 5.74. The van der Waals surface area contributed by atoms with Crippen LogP contribution in [0.4, 0.5) is 5.69 Å². The van der Waals surface area contributed by atoms with Gasteiger partial charge in [0.25, 0.3) is 11.6 Å². The van der Waals surface area contributed by atoms with E-state index in [1.165, 1.54) is 5.57 Å². The van der Waals surface area contributed by atoms with Crippen molar-refractivity contribution in [3.05, 3.63) is 70.2 Å². The second-order valence-electron chi connectivity index (χ2n) is 7.04. The molecule has 2 aliphatic carbocycles. The van der Waals surface area contributed by atoms with E-state index in [0.29, 0.717) is 36.6 Å². The molecule has 3 aliphatic rings. The Morgan fingerprint density at radius 3 is 2.93 bits per heavy atom. The molecule has 0 N–H and O–H groups in total. The van der Waals surface area contributed by atoms with Crippen LogP contribution in [0.25, 0.3) is 5.57 Å². The third kappa shape index (κ3) is 3.04. The van der Waals surface area contributed by atoms with Gasteiger partial charge in [0.1, 0.15) is 6.61 Å². The predicted octanol–water partition coefficient (Wildman–Crippen LogP) is 4.09. The number of fused-ring (bicyclic) bond motifs is 5. The van der Waals surface area contributed by atoms with Crippen LogP contribution in [0, 0.1) is 27.9 Å². The number of para-hydroxylation sites is 1. The maximum absolute atomic E-state index is 11.5. The van der Waals surface area contributed by atoms with E-state index in [4.69, 9.17) is 14.2 Å². The molecule has 0 radical (unpaired) electrons. The first-order chi connectivity index (χ1) is 13.1. The molecule has 6 heteroatoms. The third-order valence-corrected chi connectivity index (χ3v) is 5.74. The molecule has 6 nitrogen and oxygen atoms in total. The van der Waals surface area contributed by atoms with Crippen molar-refractivity contribution >= 4 is 11.3 Å². The van der Waals surface area contributed by atoms with Crippen LogP contribution in [0.5, 0.6) is 0 Å². The van der Waals surface area contributed by atoms with Gasteiger partial charge in [0.2, 0.25) is 0 Å². The number of allylic oxidation sites excluding steroid dienone is 1. The molecular formula is C21H23NO5. The molecule has 0 unspecified atom stereocenters. The van der Waals surface area contributed by atoms with Gasteiger partial charge in [-0.2, -0.15) is 0 Å². The van der Waals surface area contributed by atoms with Crippen molar-refractivity contribution in [2.24, 2.45) is 17.8 Å². The highest BCUT2D eigenvalue weighted by atomic mass is 16.7. The maximum Gasteiger partial charge on any atom is 0.276 e. The van der Waals surface area contributed by atoms with Gasteiger partial charge in [0.15, 0.2) is 0 Å². The molecule has 1 aliphatic heterocycles. The predicted molar refractivity (Wildman–Crippen MR) is 101 cm³/mol. The summed E-state index contributed by atoms with van der Waals surface area (Å²) in [5, 5.41) is 11.5. The summed E-state index contributed by atoms with van der Waals surface area (Å²) in [6.45, 7) is 7.27. The summed E-state index contributed by atoms with van der Waals surface area (Å²) < 4.78 is 16.7. The van der Waals surface area contributed by atoms with Crippen molar-refractivity contribution in [2.45, 2.75) is 19.4 Å². The molecule has 4 atom stereocenters. The Kier molecular flexibility index (Phi) is 4.74. The molecule has 1 aromatic rings. The molecule has 1 heterocycles. The summed E-state index contributed by atoms with van der Waals surface area (Å²) in [6, 6.07) is 6.95. The second-order valence-corrected chi connectivity index (χ2v) is 7.04. The molecule has 4 rings (SSSR count). The summed E-state index contributed by atoms with van der Waals surface area (Å²) >= 11 is 0. The summed E-state index contributed by atoms with van der Waals surface area (Å²) in [4.78, 5) is 11.2. The summed E-state index contributed by atoms with van der Waals surface area (Å²) in [5.74, 6) is 1.26. The van der Waals surface area contributed by atoms with E-state index in [1.54, 1.807) is 12.1 Å². The molecular weight excluding hydrogens is 346 g/mol. The summed E-state index contributed by atoms with van der Waals surface area (Å²) in [7, 11) is 0. The van der Waals surface area contributed by atoms with Gasteiger partial charge in [-0.25, -0.2) is 0 Å². The van der Waals surface area contributed by atoms with Gasteiger partial charge >= 0.3 is 0 Å². The highest BCUT2D eigenvalue weighted by Crippen LogP contribution is 2.58. The van der Waals surface area contributed by atoms with E-state index in [-0.39, 0.29) is 22.6 Å². The highest BCUT2D eigenvalue weighted by Gasteiger charge is 2.55. The number of nitrogens with zero attached hydrogens (tertiary/aromatic N) is 1. The Balaban J connectivity index is 1.63. The van der Waals surface area contributed by atoms with Gasteiger partial charge < -0.3 is 14.2 Å². The van der Waals surface area contributed by atoms with E-state index in [1.807, 2.05) is 19.1 Å². The topological polar surface area (TPSA) is 70.8 Å². The Hall–Kier alpha value is -2.60. The van der Waals surface area contributed by atoms with E-state index < -0.39 is 0 Å². The summed E-state index contributed by atoms with van der Waals surface area (Å²) in [6.07, 6.45) is 5.23. The first kappa shape index (κ1) is 17.8. The van der Waals surface area contributed by atoms with Crippen molar-refractivity contribution in [3.63, 3.8) is 0 Å². The van der Waals surface area contributed by atoms with Crippen molar-refractivity contribution in [3.8, 4) is 0 Å². The highest BCUT2D eigenvalue weighted by molar-refractivity contribution is 5.78. The zero-order valence-corrected chi connectivity index (χ0v) is 15.3. The van der Waals surface area contributed by atoms with Crippen molar-refractivity contribution in [1.29, 1.82) is 0 Å². The van der Waals surface area contributed by atoms with E-state index in [9.17, 15) is 10.1 Å². The number of hydrogen-bond acceptors (Lipinski definition) is 5. The number of nitro groups is 1. The number of nitro benzene ring substituents is 1. The average molecular weight is 369 g/mol. The van der Waals surface area contributed by atoms with Crippen LogP contribution in [0.15, 0.2) is 54.5 Å². The molecule has 0 aromatic heterocycles. The Bertz CT molecular complexity index is 828. The quantitative estimate of drug-likeness (QED) is 0.313. The first-order valence-electron chi connectivity index (χ1n) is 9.31. The van der Waals surface area contributed by atoms with Gasteiger partial charge in [-0.3, -0.25) is 10.1 Å². The van der Waals surface area contributed by atoms with Crippen LogP contribution in [-0.4, -0.2) is 30.8 Å². The molecule has 0 amide bonds. The van der Waals surface area contributed by atoms with Crippen molar-refractivity contribution < 1.29 is 19.1 Å². The number of hydrogen-bond donors (Lipinski definition) is 0. The number of ether oxygens (including phenoxy) is 3. The Labute approximate surface area is 158 Å². The average Bonchev–Trinajstić information content (AvgIpc) is 2.75. The second kappa shape index (κ2) is 7.19. The van der Waals surface area contributed by atoms with Crippen LogP contribution in [-0.2, 0) is 14.2 Å². The fraction of sp³-hybridized carbons (Fsp3) is 0.429. The Morgan fingerprint density at radius 2 is 2.22 bits per heavy atom. The van der Waals surface area contributed by atoms with Crippen LogP contribution in [0.1, 0.15) is 18.9 Å². The molecule has 0 spiro atoms. The lowest BCUT2D eigenvalue weighted by molar-refractivity contribution is -0.385. The van der Waals surface area contributed by atoms with Crippen LogP contribution in [0.3, 0.4) is 0 Å². The normalized spacial score (nSPS) is 29.5. The van der Waals surface area contributed by atoms with Gasteiger partial charge in [-0.05, 0) is 43.6 Å². The lowest BCUT2D eigenvalue weighted by Crippen LogP contribution is -2.40. The van der Waals surface area contributed by atoms with Crippen molar-refractivity contribution in [2.75, 3.05) is 19.8 Å². The zero-order chi connectivity index (χ0) is 19.0. The van der Waals surface area contributed by atoms with Crippen LogP contribution < -0.4 is 0 Å². The zero-order valence-electron chi connectivity index (χ0n) is 15.3. The smallest absolute Gasteiger partial charge is 0.276 e. The summed E-state index contributed by atoms with van der Waals surface area (Å²) in [5.41, 5.74) is 3.10. The molecule has 1 aromatic carbocycles. The fourth-order valence-electron chi connectivity index (χ4n) is 4.59. The molecule has 2 fully saturated rings. The van der Waals surface area contributed by atoms with E-state index in [2.05, 4.69) is 18.7 Å². The largest absolute Gasteiger partial charge is 0.466 e. The first-order valence-corrected chi connectivity index (χ1v) is 9.31. The lowest BCUT2D eigenvalue weighted by Gasteiger charge is -2.35. The maximum atomic E-state index is 11.5. The van der Waals surface area contributed by atoms with Gasteiger partial charge in [-0.15, -0.1) is 0 Å². The molecule has 27 heavy (non-hydrogen) atoms. The van der Waals surface area contributed by atoms with E-state index in [0.717, 1.165) is 18.6 Å². The van der Waals surface area contributed by atoms with Crippen LogP contribution in [0.2, 0.25) is 0 Å².